The zero-order valence-corrected chi connectivity index (χ0v) is 12.0. The number of nitrogens with zero attached hydrogens (tertiary/aromatic N) is 1. The van der Waals surface area contributed by atoms with Crippen LogP contribution in [-0.4, -0.2) is 22.8 Å². The van der Waals surface area contributed by atoms with Gasteiger partial charge in [-0.1, -0.05) is 55.7 Å². The van der Waals surface area contributed by atoms with Gasteiger partial charge in [0.25, 0.3) is 11.8 Å². The van der Waals surface area contributed by atoms with E-state index in [9.17, 15) is 9.59 Å². The normalized spacial score (nSPS) is 20.4. The SMILES string of the molecule is O=C1C=C(C=Cc2ccccc2)C(=O)N1C1CCCCC1. The summed E-state index contributed by atoms with van der Waals surface area (Å²) in [6.07, 6.45) is 10.4. The number of imide groups is 1. The molecule has 1 aliphatic heterocycles. The van der Waals surface area contributed by atoms with Crippen molar-refractivity contribution in [3.8, 4) is 0 Å². The zero-order valence-electron chi connectivity index (χ0n) is 12.0. The molecule has 0 spiro atoms. The Hall–Kier alpha value is -2.16. The van der Waals surface area contributed by atoms with Crippen molar-refractivity contribution in [1.82, 2.24) is 4.90 Å². The molecular weight excluding hydrogens is 262 g/mol. The summed E-state index contributed by atoms with van der Waals surface area (Å²) in [5.74, 6) is -0.293. The fraction of sp³-hybridized carbons (Fsp3) is 0.333. The summed E-state index contributed by atoms with van der Waals surface area (Å²) in [4.78, 5) is 26.0. The van der Waals surface area contributed by atoms with E-state index in [-0.39, 0.29) is 17.9 Å². The van der Waals surface area contributed by atoms with Gasteiger partial charge in [-0.15, -0.1) is 0 Å². The Balaban J connectivity index is 1.73. The third-order valence-electron chi connectivity index (χ3n) is 4.18. The van der Waals surface area contributed by atoms with Crippen molar-refractivity contribution < 1.29 is 9.59 Å². The lowest BCUT2D eigenvalue weighted by molar-refractivity contribution is -0.140. The van der Waals surface area contributed by atoms with Gasteiger partial charge >= 0.3 is 0 Å². The molecule has 3 nitrogen and oxygen atoms in total. The average molecular weight is 281 g/mol. The van der Waals surface area contributed by atoms with Crippen LogP contribution in [0, 0.1) is 0 Å². The molecule has 0 saturated heterocycles. The predicted molar refractivity (Wildman–Crippen MR) is 82.3 cm³/mol. The second-order valence-corrected chi connectivity index (χ2v) is 5.65. The number of carbonyl (C=O) groups excluding carboxylic acids is 2. The summed E-state index contributed by atoms with van der Waals surface area (Å²) < 4.78 is 0. The summed E-state index contributed by atoms with van der Waals surface area (Å²) in [6.45, 7) is 0. The van der Waals surface area contributed by atoms with E-state index in [2.05, 4.69) is 0 Å². The highest BCUT2D eigenvalue weighted by Gasteiger charge is 2.35. The minimum atomic E-state index is -0.153. The van der Waals surface area contributed by atoms with Crippen LogP contribution < -0.4 is 0 Å². The molecule has 1 saturated carbocycles. The van der Waals surface area contributed by atoms with Crippen molar-refractivity contribution >= 4 is 17.9 Å². The minimum Gasteiger partial charge on any atom is -0.272 e. The molecule has 3 rings (SSSR count). The lowest BCUT2D eigenvalue weighted by atomic mass is 9.94. The third-order valence-corrected chi connectivity index (χ3v) is 4.18. The van der Waals surface area contributed by atoms with Gasteiger partial charge in [0.15, 0.2) is 0 Å². The maximum absolute atomic E-state index is 12.4. The van der Waals surface area contributed by atoms with Crippen molar-refractivity contribution in [3.05, 3.63) is 53.6 Å². The standard InChI is InChI=1S/C18H19NO2/c20-17-13-15(12-11-14-7-3-1-4-8-14)18(21)19(17)16-9-5-2-6-10-16/h1,3-4,7-8,11-13,16H,2,5-6,9-10H2. The second-order valence-electron chi connectivity index (χ2n) is 5.65. The van der Waals surface area contributed by atoms with Crippen LogP contribution in [0.1, 0.15) is 37.7 Å². The molecular formula is C18H19NO2. The maximum Gasteiger partial charge on any atom is 0.261 e. The summed E-state index contributed by atoms with van der Waals surface area (Å²) in [7, 11) is 0. The monoisotopic (exact) mass is 281 g/mol. The Morgan fingerprint density at radius 3 is 2.38 bits per heavy atom. The van der Waals surface area contributed by atoms with E-state index < -0.39 is 0 Å². The molecule has 2 amide bonds. The molecule has 1 aliphatic carbocycles. The van der Waals surface area contributed by atoms with Gasteiger partial charge in [0.1, 0.15) is 0 Å². The molecule has 1 fully saturated rings. The Kier molecular flexibility index (Phi) is 4.00. The van der Waals surface area contributed by atoms with Crippen LogP contribution in [0.15, 0.2) is 48.1 Å². The van der Waals surface area contributed by atoms with Crippen LogP contribution in [0.5, 0.6) is 0 Å². The molecule has 1 heterocycles. The molecule has 21 heavy (non-hydrogen) atoms. The minimum absolute atomic E-state index is 0.0950. The Labute approximate surface area is 125 Å². The Morgan fingerprint density at radius 1 is 0.952 bits per heavy atom. The molecule has 0 unspecified atom stereocenters. The highest BCUT2D eigenvalue weighted by Crippen LogP contribution is 2.27. The molecule has 108 valence electrons. The van der Waals surface area contributed by atoms with Crippen LogP contribution >= 0.6 is 0 Å². The van der Waals surface area contributed by atoms with Crippen molar-refractivity contribution in [2.24, 2.45) is 0 Å². The maximum atomic E-state index is 12.4. The largest absolute Gasteiger partial charge is 0.272 e. The van der Waals surface area contributed by atoms with Gasteiger partial charge in [0, 0.05) is 17.7 Å². The van der Waals surface area contributed by atoms with Crippen LogP contribution in [0.3, 0.4) is 0 Å². The molecule has 0 radical (unpaired) electrons. The first-order valence-electron chi connectivity index (χ1n) is 7.58. The van der Waals surface area contributed by atoms with Gasteiger partial charge < -0.3 is 0 Å². The Morgan fingerprint density at radius 2 is 1.67 bits per heavy atom. The quantitative estimate of drug-likeness (QED) is 0.797. The predicted octanol–water partition coefficient (Wildman–Crippen LogP) is 3.33. The molecule has 1 aromatic carbocycles. The van der Waals surface area contributed by atoms with E-state index in [1.807, 2.05) is 36.4 Å². The molecule has 0 bridgehead atoms. The van der Waals surface area contributed by atoms with E-state index in [1.54, 1.807) is 6.08 Å². The molecule has 0 atom stereocenters. The first-order chi connectivity index (χ1) is 10.3. The lowest BCUT2D eigenvalue weighted by Crippen LogP contribution is -2.41. The summed E-state index contributed by atoms with van der Waals surface area (Å²) in [5, 5.41) is 0. The van der Waals surface area contributed by atoms with Gasteiger partial charge in [-0.2, -0.15) is 0 Å². The van der Waals surface area contributed by atoms with Crippen molar-refractivity contribution in [3.63, 3.8) is 0 Å². The zero-order chi connectivity index (χ0) is 14.7. The second kappa shape index (κ2) is 6.08. The number of hydrogen-bond donors (Lipinski definition) is 0. The van der Waals surface area contributed by atoms with Gasteiger partial charge in [0.05, 0.1) is 0 Å². The van der Waals surface area contributed by atoms with E-state index in [0.717, 1.165) is 31.2 Å². The summed E-state index contributed by atoms with van der Waals surface area (Å²) in [5.41, 5.74) is 1.52. The first kappa shape index (κ1) is 13.8. The van der Waals surface area contributed by atoms with E-state index in [0.29, 0.717) is 5.57 Å². The smallest absolute Gasteiger partial charge is 0.261 e. The third kappa shape index (κ3) is 2.97. The topological polar surface area (TPSA) is 37.4 Å². The molecule has 2 aliphatic rings. The Bertz CT molecular complexity index is 595. The number of benzene rings is 1. The van der Waals surface area contributed by atoms with Gasteiger partial charge in [0.2, 0.25) is 0 Å². The molecule has 0 N–H and O–H groups in total. The highest BCUT2D eigenvalue weighted by molar-refractivity contribution is 6.18. The summed E-state index contributed by atoms with van der Waals surface area (Å²) >= 11 is 0. The average Bonchev–Trinajstić information content (AvgIpc) is 2.81. The van der Waals surface area contributed by atoms with E-state index >= 15 is 0 Å². The van der Waals surface area contributed by atoms with E-state index in [1.165, 1.54) is 17.4 Å². The van der Waals surface area contributed by atoms with Crippen molar-refractivity contribution in [1.29, 1.82) is 0 Å². The van der Waals surface area contributed by atoms with Gasteiger partial charge in [-0.3, -0.25) is 14.5 Å². The molecule has 0 aromatic heterocycles. The van der Waals surface area contributed by atoms with Crippen molar-refractivity contribution in [2.75, 3.05) is 0 Å². The number of amides is 2. The molecule has 3 heteroatoms. The highest BCUT2D eigenvalue weighted by atomic mass is 16.2. The van der Waals surface area contributed by atoms with Crippen LogP contribution in [0.25, 0.3) is 6.08 Å². The summed E-state index contributed by atoms with van der Waals surface area (Å²) in [6, 6.07) is 9.88. The van der Waals surface area contributed by atoms with E-state index in [4.69, 9.17) is 0 Å². The van der Waals surface area contributed by atoms with Gasteiger partial charge in [-0.05, 0) is 24.5 Å². The van der Waals surface area contributed by atoms with Crippen LogP contribution in [-0.2, 0) is 9.59 Å². The van der Waals surface area contributed by atoms with Crippen LogP contribution in [0.2, 0.25) is 0 Å². The number of carbonyl (C=O) groups is 2. The van der Waals surface area contributed by atoms with Gasteiger partial charge in [-0.25, -0.2) is 0 Å². The fourth-order valence-corrected chi connectivity index (χ4v) is 3.06. The lowest BCUT2D eigenvalue weighted by Gasteiger charge is -2.29. The van der Waals surface area contributed by atoms with Crippen molar-refractivity contribution in [2.45, 2.75) is 38.1 Å². The fourth-order valence-electron chi connectivity index (χ4n) is 3.06. The molecule has 1 aromatic rings. The first-order valence-corrected chi connectivity index (χ1v) is 7.58. The number of rotatable bonds is 3. The number of hydrogen-bond acceptors (Lipinski definition) is 2. The van der Waals surface area contributed by atoms with Crippen LogP contribution in [0.4, 0.5) is 0 Å².